The van der Waals surface area contributed by atoms with Gasteiger partial charge in [0, 0.05) is 118 Å². The first-order chi connectivity index (χ1) is 45.9. The fourth-order valence-electron chi connectivity index (χ4n) is 13.7. The third kappa shape index (κ3) is 15.5. The summed E-state index contributed by atoms with van der Waals surface area (Å²) in [6.45, 7) is 12.3. The lowest BCUT2D eigenvalue weighted by Crippen LogP contribution is -2.53. The summed E-state index contributed by atoms with van der Waals surface area (Å²) >= 11 is 0. The van der Waals surface area contributed by atoms with Gasteiger partial charge in [-0.25, -0.2) is 0 Å². The molecule has 1 saturated carbocycles. The molecule has 1 aromatic heterocycles. The molecular formula is C74H92N10O11. The maximum absolute atomic E-state index is 14.3. The number of ether oxygens (including phenoxy) is 4. The standard InChI is InChI=1S/C74H92N10O11/c1-47(2)68(79-66(85)20-15-12-16-29-82-67(86)39-57(71(82)89)51-18-13-10-8-9-11-14-19-51)70(88)77-48(3)69(87)78-54-25-21-49(22-26-54)52-36-56-43-75-60-40-64(62(92-6)37-58(60)72(90)83(56)44-52)94-34-17-35-95-65-41-61-59(38-63(65)93-7)73(91)84-45-53(42-74(84,4)46-76-61)50-23-27-55(28-24-50)81-32-30-80(5)31-33-81/h21-28,37-41,43-48,51,56,68,86,89H,8-20,29-36,42H2,1-7H3,(H,77,88)(H,78,87)(H,79,85). The van der Waals surface area contributed by atoms with Crippen LogP contribution in [0.3, 0.4) is 0 Å². The molecule has 4 aromatic carbocycles. The molecule has 5 N–H and O–H groups in total. The van der Waals surface area contributed by atoms with Crippen molar-refractivity contribution < 1.29 is 53.1 Å². The number of aromatic nitrogens is 1. The number of methoxy groups -OCH3 is 2. The predicted octanol–water partition coefficient (Wildman–Crippen LogP) is 11.9. The SMILES string of the molecule is COc1cc2c(cc1OCCCOc1cc3c(cc1OC)C(=O)N1C=C(c4ccc(N5CCN(C)CC5)cc4)CC1(C)C=N3)N=CC1CC(c3ccc(NC(=O)C(C)NC(=O)C(NC(=O)CCCCCn4c(O)cc(C5CCCCCCCC5)c4O)C(C)C)cc3)=CN1C2=O. The van der Waals surface area contributed by atoms with E-state index in [-0.39, 0.29) is 67.0 Å². The molecular weight excluding hydrogens is 1200 g/mol. The number of piperazine rings is 1. The predicted molar refractivity (Wildman–Crippen MR) is 369 cm³/mol. The van der Waals surface area contributed by atoms with Crippen LogP contribution in [0.5, 0.6) is 34.8 Å². The molecule has 11 rings (SSSR count). The summed E-state index contributed by atoms with van der Waals surface area (Å²) < 4.78 is 25.5. The average molecular weight is 1300 g/mol. The maximum atomic E-state index is 14.3. The minimum Gasteiger partial charge on any atom is -0.494 e. The van der Waals surface area contributed by atoms with E-state index in [2.05, 4.69) is 57.1 Å². The third-order valence-corrected chi connectivity index (χ3v) is 19.4. The minimum atomic E-state index is -0.919. The topological polar surface area (TPSA) is 241 Å². The van der Waals surface area contributed by atoms with E-state index in [0.29, 0.717) is 96.3 Å². The van der Waals surface area contributed by atoms with Gasteiger partial charge >= 0.3 is 0 Å². The summed E-state index contributed by atoms with van der Waals surface area (Å²) in [6, 6.07) is 22.3. The van der Waals surface area contributed by atoms with Crippen molar-refractivity contribution in [3.8, 4) is 34.8 Å². The van der Waals surface area contributed by atoms with E-state index in [0.717, 1.165) is 79.7 Å². The number of rotatable bonds is 24. The molecule has 504 valence electrons. The summed E-state index contributed by atoms with van der Waals surface area (Å²) in [4.78, 5) is 86.4. The average Bonchev–Trinajstić information content (AvgIpc) is 1.62. The Morgan fingerprint density at radius 2 is 1.31 bits per heavy atom. The number of aromatic hydroxyl groups is 2. The second kappa shape index (κ2) is 30.1. The molecule has 21 nitrogen and oxygen atoms in total. The first-order valence-electron chi connectivity index (χ1n) is 33.9. The number of fused-ring (bicyclic) bond motifs is 4. The molecule has 4 atom stereocenters. The molecule has 95 heavy (non-hydrogen) atoms. The van der Waals surface area contributed by atoms with Crippen molar-refractivity contribution in [1.29, 1.82) is 0 Å². The van der Waals surface area contributed by atoms with Crippen LogP contribution in [0.25, 0.3) is 11.1 Å². The highest BCUT2D eigenvalue weighted by Crippen LogP contribution is 2.45. The summed E-state index contributed by atoms with van der Waals surface area (Å²) in [5.41, 5.74) is 7.51. The van der Waals surface area contributed by atoms with E-state index in [1.165, 1.54) is 38.5 Å². The lowest BCUT2D eigenvalue weighted by atomic mass is 9.91. The third-order valence-electron chi connectivity index (χ3n) is 19.4. The lowest BCUT2D eigenvalue weighted by molar-refractivity contribution is -0.131. The van der Waals surface area contributed by atoms with Crippen LogP contribution in [0.15, 0.2) is 101 Å². The summed E-state index contributed by atoms with van der Waals surface area (Å²) in [5, 5.41) is 30.3. The Hall–Kier alpha value is -9.11. The number of hydrogen-bond donors (Lipinski definition) is 5. The fourth-order valence-corrected chi connectivity index (χ4v) is 13.7. The van der Waals surface area contributed by atoms with Gasteiger partial charge in [0.2, 0.25) is 17.7 Å². The zero-order valence-electron chi connectivity index (χ0n) is 56.0. The molecule has 2 fully saturated rings. The van der Waals surface area contributed by atoms with Crippen molar-refractivity contribution in [2.75, 3.05) is 70.9 Å². The molecule has 0 bridgehead atoms. The van der Waals surface area contributed by atoms with Gasteiger partial charge < -0.3 is 64.7 Å². The maximum Gasteiger partial charge on any atom is 0.260 e. The Bertz CT molecular complexity index is 3740. The van der Waals surface area contributed by atoms with Crippen molar-refractivity contribution >= 4 is 75.9 Å². The number of nitrogens with one attached hydrogen (secondary N) is 3. The van der Waals surface area contributed by atoms with Crippen molar-refractivity contribution in [3.63, 3.8) is 0 Å². The van der Waals surface area contributed by atoms with Crippen molar-refractivity contribution in [2.45, 2.75) is 160 Å². The summed E-state index contributed by atoms with van der Waals surface area (Å²) in [6.07, 6.45) is 20.3. The number of unbranched alkanes of at least 4 members (excludes halogenated alkanes) is 2. The molecule has 0 radical (unpaired) electrons. The van der Waals surface area contributed by atoms with Crippen molar-refractivity contribution in [2.24, 2.45) is 15.9 Å². The summed E-state index contributed by atoms with van der Waals surface area (Å²) in [5.74, 6) is 0.261. The van der Waals surface area contributed by atoms with Gasteiger partial charge in [0.1, 0.15) is 12.1 Å². The molecule has 0 spiro atoms. The number of carbonyl (C=O) groups is 5. The number of nitrogens with zero attached hydrogens (tertiary/aromatic N) is 7. The molecule has 4 unspecified atom stereocenters. The second-order valence-corrected chi connectivity index (χ2v) is 26.7. The number of aliphatic imine (C=N–C) groups is 2. The molecule has 6 aliphatic rings. The van der Waals surface area contributed by atoms with Gasteiger partial charge in [-0.1, -0.05) is 83.1 Å². The van der Waals surface area contributed by atoms with Crippen LogP contribution in [0, 0.1) is 5.92 Å². The Morgan fingerprint density at radius 1 is 0.684 bits per heavy atom. The molecule has 1 saturated heterocycles. The zero-order chi connectivity index (χ0) is 66.9. The Morgan fingerprint density at radius 3 is 1.96 bits per heavy atom. The molecule has 5 aromatic rings. The van der Waals surface area contributed by atoms with E-state index in [1.54, 1.807) is 77.1 Å². The van der Waals surface area contributed by atoms with Gasteiger partial charge in [0.25, 0.3) is 11.8 Å². The normalized spacial score (nSPS) is 19.6. The molecule has 5 aliphatic heterocycles. The van der Waals surface area contributed by atoms with Gasteiger partial charge in [-0.2, -0.15) is 0 Å². The van der Waals surface area contributed by atoms with Gasteiger partial charge in [-0.05, 0) is 117 Å². The van der Waals surface area contributed by atoms with E-state index in [4.69, 9.17) is 28.9 Å². The Kier molecular flexibility index (Phi) is 21.3. The van der Waals surface area contributed by atoms with E-state index < -0.39 is 29.4 Å². The van der Waals surface area contributed by atoms with Gasteiger partial charge in [-0.3, -0.25) is 38.5 Å². The number of benzene rings is 4. The van der Waals surface area contributed by atoms with Crippen LogP contribution in [0.4, 0.5) is 22.7 Å². The highest BCUT2D eigenvalue weighted by atomic mass is 16.5. The highest BCUT2D eigenvalue weighted by Gasteiger charge is 2.43. The van der Waals surface area contributed by atoms with E-state index in [9.17, 15) is 34.2 Å². The van der Waals surface area contributed by atoms with Crippen molar-refractivity contribution in [3.05, 3.63) is 119 Å². The van der Waals surface area contributed by atoms with Crippen LogP contribution in [0.1, 0.15) is 167 Å². The van der Waals surface area contributed by atoms with Gasteiger partial charge in [0.15, 0.2) is 34.8 Å². The molecule has 21 heteroatoms. The lowest BCUT2D eigenvalue weighted by Gasteiger charge is -2.34. The smallest absolute Gasteiger partial charge is 0.260 e. The monoisotopic (exact) mass is 1300 g/mol. The molecule has 1 aliphatic carbocycles. The largest absolute Gasteiger partial charge is 0.494 e. The molecule has 6 heterocycles. The number of likely N-dealkylation sites (N-methyl/N-ethyl adjacent to an activating group) is 1. The minimum absolute atomic E-state index is 0.0674. The van der Waals surface area contributed by atoms with Gasteiger partial charge in [0.05, 0.1) is 61.5 Å². The summed E-state index contributed by atoms with van der Waals surface area (Å²) in [7, 11) is 5.22. The number of carbonyl (C=O) groups excluding carboxylic acids is 5. The Labute approximate surface area is 557 Å². The number of hydrogen-bond acceptors (Lipinski definition) is 15. The quantitative estimate of drug-likeness (QED) is 0.0362. The van der Waals surface area contributed by atoms with E-state index >= 15 is 0 Å². The van der Waals surface area contributed by atoms with Crippen LogP contribution in [-0.2, 0) is 20.9 Å². The Balaban J connectivity index is 0.623. The zero-order valence-corrected chi connectivity index (χ0v) is 56.0. The van der Waals surface area contributed by atoms with Crippen molar-refractivity contribution in [1.82, 2.24) is 29.9 Å². The number of amides is 5. The van der Waals surface area contributed by atoms with Crippen LogP contribution >= 0.6 is 0 Å². The number of anilines is 2. The fraction of sp³-hybridized carbons (Fsp3) is 0.473. The van der Waals surface area contributed by atoms with Crippen LogP contribution in [0.2, 0.25) is 0 Å². The molecule has 5 amide bonds. The van der Waals surface area contributed by atoms with Crippen LogP contribution < -0.4 is 39.8 Å². The van der Waals surface area contributed by atoms with Gasteiger partial charge in [-0.15, -0.1) is 0 Å². The first-order valence-corrected chi connectivity index (χ1v) is 33.9. The highest BCUT2D eigenvalue weighted by molar-refractivity contribution is 6.07. The first kappa shape index (κ1) is 67.3. The van der Waals surface area contributed by atoms with Crippen LogP contribution in [-0.4, -0.2) is 156 Å². The van der Waals surface area contributed by atoms with E-state index in [1.807, 2.05) is 51.5 Å². The second-order valence-electron chi connectivity index (χ2n) is 26.7.